The van der Waals surface area contributed by atoms with E-state index in [9.17, 15) is 8.42 Å². The molecule has 0 spiro atoms. The molecule has 1 aromatic rings. The molecule has 16 heavy (non-hydrogen) atoms. The fourth-order valence-electron chi connectivity index (χ4n) is 1.31. The molecule has 0 bridgehead atoms. The van der Waals surface area contributed by atoms with E-state index >= 15 is 0 Å². The molecular weight excluding hydrogens is 228 g/mol. The Morgan fingerprint density at radius 2 is 2.00 bits per heavy atom. The van der Waals surface area contributed by atoms with Crippen LogP contribution < -0.4 is 4.74 Å². The van der Waals surface area contributed by atoms with Crippen molar-refractivity contribution in [3.05, 3.63) is 29.3 Å². The van der Waals surface area contributed by atoms with Gasteiger partial charge in [0, 0.05) is 6.26 Å². The molecule has 5 heteroatoms. The number of hydrogen-bond donors (Lipinski definition) is 1. The monoisotopic (exact) mass is 244 g/mol. The summed E-state index contributed by atoms with van der Waals surface area (Å²) in [6.07, 6.45) is 1.17. The summed E-state index contributed by atoms with van der Waals surface area (Å²) in [7, 11) is -2.99. The molecule has 0 radical (unpaired) electrons. The van der Waals surface area contributed by atoms with Crippen molar-refractivity contribution in [2.75, 3.05) is 18.6 Å². The number of ether oxygens (including phenoxy) is 1. The second kappa shape index (κ2) is 5.32. The summed E-state index contributed by atoms with van der Waals surface area (Å²) in [6, 6.07) is 5.36. The van der Waals surface area contributed by atoms with Crippen molar-refractivity contribution in [2.24, 2.45) is 0 Å². The van der Waals surface area contributed by atoms with Crippen molar-refractivity contribution < 1.29 is 18.3 Å². The van der Waals surface area contributed by atoms with E-state index in [0.29, 0.717) is 5.75 Å². The van der Waals surface area contributed by atoms with Gasteiger partial charge in [-0.05, 0) is 30.2 Å². The van der Waals surface area contributed by atoms with Gasteiger partial charge in [-0.2, -0.15) is 0 Å². The first-order valence-corrected chi connectivity index (χ1v) is 6.99. The van der Waals surface area contributed by atoms with E-state index in [2.05, 4.69) is 0 Å². The highest BCUT2D eigenvalue weighted by Crippen LogP contribution is 2.16. The van der Waals surface area contributed by atoms with Gasteiger partial charge in [-0.3, -0.25) is 0 Å². The first-order chi connectivity index (χ1) is 7.40. The average molecular weight is 244 g/mol. The first kappa shape index (κ1) is 13.0. The Morgan fingerprint density at radius 3 is 2.56 bits per heavy atom. The lowest BCUT2D eigenvalue weighted by Gasteiger charge is -2.08. The molecule has 0 atom stereocenters. The molecular formula is C11H16O4S. The van der Waals surface area contributed by atoms with E-state index in [1.165, 1.54) is 6.26 Å². The van der Waals surface area contributed by atoms with E-state index in [1.807, 2.05) is 13.0 Å². The van der Waals surface area contributed by atoms with Crippen LogP contribution in [-0.2, 0) is 16.4 Å². The fourth-order valence-corrected chi connectivity index (χ4v) is 1.70. The maximum absolute atomic E-state index is 10.9. The van der Waals surface area contributed by atoms with Gasteiger partial charge in [0.2, 0.25) is 0 Å². The minimum absolute atomic E-state index is 0.00456. The van der Waals surface area contributed by atoms with Gasteiger partial charge in [-0.25, -0.2) is 8.42 Å². The standard InChI is InChI=1S/C11H16O4S/c1-9-5-10(8-12)7-11(6-9)15-3-4-16(2,13)14/h5-7,12H,3-4,8H2,1-2H3. The smallest absolute Gasteiger partial charge is 0.150 e. The maximum atomic E-state index is 10.9. The molecule has 1 N–H and O–H groups in total. The van der Waals surface area contributed by atoms with Crippen LogP contribution >= 0.6 is 0 Å². The Kier molecular flexibility index (Phi) is 4.32. The Hall–Kier alpha value is -1.07. The van der Waals surface area contributed by atoms with Crippen LogP contribution in [0.4, 0.5) is 0 Å². The minimum Gasteiger partial charge on any atom is -0.493 e. The van der Waals surface area contributed by atoms with Gasteiger partial charge >= 0.3 is 0 Å². The largest absolute Gasteiger partial charge is 0.493 e. The van der Waals surface area contributed by atoms with E-state index in [-0.39, 0.29) is 19.0 Å². The van der Waals surface area contributed by atoms with Crippen molar-refractivity contribution in [3.8, 4) is 5.75 Å². The van der Waals surface area contributed by atoms with Crippen LogP contribution in [0.25, 0.3) is 0 Å². The highest BCUT2D eigenvalue weighted by Gasteiger charge is 2.03. The van der Waals surface area contributed by atoms with E-state index in [1.54, 1.807) is 12.1 Å². The molecule has 1 rings (SSSR count). The van der Waals surface area contributed by atoms with Crippen LogP contribution in [-0.4, -0.2) is 32.1 Å². The fraction of sp³-hybridized carbons (Fsp3) is 0.455. The van der Waals surface area contributed by atoms with Crippen molar-refractivity contribution >= 4 is 9.84 Å². The second-order valence-electron chi connectivity index (χ2n) is 3.79. The minimum atomic E-state index is -2.99. The topological polar surface area (TPSA) is 63.6 Å². The van der Waals surface area contributed by atoms with E-state index < -0.39 is 9.84 Å². The number of aryl methyl sites for hydroxylation is 1. The van der Waals surface area contributed by atoms with Gasteiger partial charge in [0.15, 0.2) is 9.84 Å². The molecule has 0 saturated carbocycles. The van der Waals surface area contributed by atoms with Crippen LogP contribution in [0.15, 0.2) is 18.2 Å². The maximum Gasteiger partial charge on any atom is 0.150 e. The molecule has 90 valence electrons. The Morgan fingerprint density at radius 1 is 1.31 bits per heavy atom. The number of aliphatic hydroxyl groups excluding tert-OH is 1. The normalized spacial score (nSPS) is 11.4. The van der Waals surface area contributed by atoms with Crippen molar-refractivity contribution in [1.29, 1.82) is 0 Å². The summed E-state index contributed by atoms with van der Waals surface area (Å²) in [4.78, 5) is 0. The zero-order valence-corrected chi connectivity index (χ0v) is 10.3. The quantitative estimate of drug-likeness (QED) is 0.836. The Bertz CT molecular complexity index is 451. The molecule has 0 heterocycles. The number of sulfone groups is 1. The van der Waals surface area contributed by atoms with Crippen molar-refractivity contribution in [3.63, 3.8) is 0 Å². The molecule has 0 unspecified atom stereocenters. The van der Waals surface area contributed by atoms with Crippen LogP contribution in [0.2, 0.25) is 0 Å². The van der Waals surface area contributed by atoms with Crippen LogP contribution in [0.5, 0.6) is 5.75 Å². The van der Waals surface area contributed by atoms with E-state index in [0.717, 1.165) is 11.1 Å². The third-order valence-corrected chi connectivity index (χ3v) is 2.92. The zero-order chi connectivity index (χ0) is 12.2. The number of hydrogen-bond acceptors (Lipinski definition) is 4. The summed E-state index contributed by atoms with van der Waals surface area (Å²) >= 11 is 0. The molecule has 0 saturated heterocycles. The summed E-state index contributed by atoms with van der Waals surface area (Å²) in [5.41, 5.74) is 1.73. The lowest BCUT2D eigenvalue weighted by molar-refractivity contribution is 0.280. The van der Waals surface area contributed by atoms with Crippen LogP contribution in [0.3, 0.4) is 0 Å². The lowest BCUT2D eigenvalue weighted by atomic mass is 10.1. The van der Waals surface area contributed by atoms with Gasteiger partial charge in [0.05, 0.1) is 12.4 Å². The molecule has 4 nitrogen and oxygen atoms in total. The zero-order valence-electron chi connectivity index (χ0n) is 9.43. The highest BCUT2D eigenvalue weighted by atomic mass is 32.2. The predicted octanol–water partition coefficient (Wildman–Crippen LogP) is 0.911. The SMILES string of the molecule is Cc1cc(CO)cc(OCCS(C)(=O)=O)c1. The second-order valence-corrected chi connectivity index (χ2v) is 6.05. The van der Waals surface area contributed by atoms with Crippen molar-refractivity contribution in [1.82, 2.24) is 0 Å². The predicted molar refractivity (Wildman–Crippen MR) is 62.3 cm³/mol. The lowest BCUT2D eigenvalue weighted by Crippen LogP contribution is -2.12. The Labute approximate surface area is 95.8 Å². The van der Waals surface area contributed by atoms with Gasteiger partial charge in [-0.15, -0.1) is 0 Å². The highest BCUT2D eigenvalue weighted by molar-refractivity contribution is 7.90. The molecule has 0 aliphatic heterocycles. The number of benzene rings is 1. The molecule has 0 fully saturated rings. The molecule has 0 aromatic heterocycles. The molecule has 0 amide bonds. The summed E-state index contributed by atoms with van der Waals surface area (Å²) in [5, 5.41) is 8.99. The van der Waals surface area contributed by atoms with E-state index in [4.69, 9.17) is 9.84 Å². The summed E-state index contributed by atoms with van der Waals surface area (Å²) < 4.78 is 27.1. The first-order valence-electron chi connectivity index (χ1n) is 4.92. The number of aliphatic hydroxyl groups is 1. The number of rotatable bonds is 5. The molecule has 1 aromatic carbocycles. The van der Waals surface area contributed by atoms with Crippen LogP contribution in [0, 0.1) is 6.92 Å². The molecule has 0 aliphatic carbocycles. The van der Waals surface area contributed by atoms with Crippen molar-refractivity contribution in [2.45, 2.75) is 13.5 Å². The Balaban J connectivity index is 2.63. The summed E-state index contributed by atoms with van der Waals surface area (Å²) in [5.74, 6) is 0.586. The summed E-state index contributed by atoms with van der Waals surface area (Å²) in [6.45, 7) is 1.97. The van der Waals surface area contributed by atoms with Gasteiger partial charge in [-0.1, -0.05) is 6.07 Å². The van der Waals surface area contributed by atoms with Gasteiger partial charge < -0.3 is 9.84 Å². The molecule has 0 aliphatic rings. The van der Waals surface area contributed by atoms with Gasteiger partial charge in [0.25, 0.3) is 0 Å². The van der Waals surface area contributed by atoms with Crippen LogP contribution in [0.1, 0.15) is 11.1 Å². The van der Waals surface area contributed by atoms with Gasteiger partial charge in [0.1, 0.15) is 12.4 Å². The third kappa shape index (κ3) is 4.63. The third-order valence-electron chi connectivity index (χ3n) is 2.02. The average Bonchev–Trinajstić information content (AvgIpc) is 2.14.